The largest absolute Gasteiger partial charge is 0.504 e. The summed E-state index contributed by atoms with van der Waals surface area (Å²) in [6, 6.07) is 2.68. The van der Waals surface area contributed by atoms with Gasteiger partial charge in [-0.3, -0.25) is 0 Å². The number of phenolic OH excluding ortho intramolecular Hbond substituents is 1. The number of aromatic hydroxyl groups is 1. The highest BCUT2D eigenvalue weighted by Gasteiger charge is 2.42. The number of anilines is 1. The predicted molar refractivity (Wildman–Crippen MR) is 70.1 cm³/mol. The zero-order valence-electron chi connectivity index (χ0n) is 10.2. The molecular weight excluding hydrogens is 294 g/mol. The minimum Gasteiger partial charge on any atom is -0.504 e. The summed E-state index contributed by atoms with van der Waals surface area (Å²) < 4.78 is 35.3. The zero-order chi connectivity index (χ0) is 14.2. The minimum atomic E-state index is -3.90. The van der Waals surface area contributed by atoms with Crippen LogP contribution in [0.4, 0.5) is 5.69 Å². The Morgan fingerprint density at radius 2 is 2.16 bits per heavy atom. The van der Waals surface area contributed by atoms with Gasteiger partial charge >= 0.3 is 0 Å². The highest BCUT2D eigenvalue weighted by atomic mass is 35.5. The van der Waals surface area contributed by atoms with E-state index in [1.165, 1.54) is 19.2 Å². The van der Waals surface area contributed by atoms with Crippen molar-refractivity contribution >= 4 is 27.1 Å². The van der Waals surface area contributed by atoms with E-state index in [1.54, 1.807) is 0 Å². The number of nitrogens with two attached hydrogens (primary N) is 1. The fourth-order valence-corrected chi connectivity index (χ4v) is 4.38. The second kappa shape index (κ2) is 5.16. The number of benzene rings is 1. The fraction of sp³-hybridized carbons (Fsp3) is 0.455. The van der Waals surface area contributed by atoms with Gasteiger partial charge in [-0.25, -0.2) is 8.42 Å². The maximum absolute atomic E-state index is 12.5. The second-order valence-electron chi connectivity index (χ2n) is 4.21. The van der Waals surface area contributed by atoms with E-state index in [4.69, 9.17) is 26.8 Å². The van der Waals surface area contributed by atoms with Crippen LogP contribution in [-0.2, 0) is 19.3 Å². The van der Waals surface area contributed by atoms with Crippen LogP contribution in [0.2, 0.25) is 5.02 Å². The smallest absolute Gasteiger partial charge is 0.191 e. The Balaban J connectivity index is 2.54. The number of rotatable bonds is 3. The lowest BCUT2D eigenvalue weighted by Gasteiger charge is -2.18. The van der Waals surface area contributed by atoms with Gasteiger partial charge in [0.05, 0.1) is 30.0 Å². The number of hydrogen-bond acceptors (Lipinski definition) is 6. The third-order valence-electron chi connectivity index (χ3n) is 3.08. The minimum absolute atomic E-state index is 0.00852. The van der Waals surface area contributed by atoms with E-state index in [0.717, 1.165) is 0 Å². The summed E-state index contributed by atoms with van der Waals surface area (Å²) in [6.45, 7) is 0.173. The van der Waals surface area contributed by atoms with E-state index in [1.807, 2.05) is 0 Å². The number of ether oxygens (including phenoxy) is 2. The molecule has 8 heteroatoms. The van der Waals surface area contributed by atoms with E-state index < -0.39 is 26.9 Å². The Hall–Kier alpha value is -1.02. The van der Waals surface area contributed by atoms with Crippen molar-refractivity contribution in [3.8, 4) is 5.75 Å². The standard InChI is InChI=1S/C11H14ClNO5S/c1-17-8-4-18-5-9(8)19(15,16)11-6(12)2-3-7(13)10(11)14/h2-3,8-9,14H,4-5,13H2,1H3/t8-,9+/m1/s1. The van der Waals surface area contributed by atoms with Crippen LogP contribution in [0.3, 0.4) is 0 Å². The molecule has 1 heterocycles. The molecule has 1 aliphatic rings. The highest BCUT2D eigenvalue weighted by molar-refractivity contribution is 7.92. The molecule has 106 valence electrons. The molecule has 2 rings (SSSR count). The molecule has 19 heavy (non-hydrogen) atoms. The molecule has 2 atom stereocenters. The molecule has 3 N–H and O–H groups in total. The molecule has 0 aromatic heterocycles. The van der Waals surface area contributed by atoms with Crippen LogP contribution in [0, 0.1) is 0 Å². The Morgan fingerprint density at radius 1 is 1.47 bits per heavy atom. The molecular formula is C11H14ClNO5S. The average Bonchev–Trinajstić information content (AvgIpc) is 2.83. The van der Waals surface area contributed by atoms with E-state index in [9.17, 15) is 13.5 Å². The molecule has 1 aliphatic heterocycles. The van der Waals surface area contributed by atoms with Crippen LogP contribution in [-0.4, -0.2) is 45.2 Å². The normalized spacial score (nSPS) is 23.7. The second-order valence-corrected chi connectivity index (χ2v) is 6.72. The van der Waals surface area contributed by atoms with Crippen LogP contribution in [0.25, 0.3) is 0 Å². The third-order valence-corrected chi connectivity index (χ3v) is 5.73. The SMILES string of the molecule is CO[C@@H]1COC[C@@H]1S(=O)(=O)c1c(Cl)ccc(N)c1O. The summed E-state index contributed by atoms with van der Waals surface area (Å²) in [5.41, 5.74) is 5.47. The summed E-state index contributed by atoms with van der Waals surface area (Å²) in [5, 5.41) is 8.87. The van der Waals surface area contributed by atoms with Crippen molar-refractivity contribution in [3.05, 3.63) is 17.2 Å². The first-order valence-electron chi connectivity index (χ1n) is 5.51. The number of methoxy groups -OCH3 is 1. The van der Waals surface area contributed by atoms with Crippen molar-refractivity contribution < 1.29 is 23.0 Å². The molecule has 0 spiro atoms. The third kappa shape index (κ3) is 2.38. The zero-order valence-corrected chi connectivity index (χ0v) is 11.7. The van der Waals surface area contributed by atoms with E-state index in [-0.39, 0.29) is 28.8 Å². The number of halogens is 1. The lowest BCUT2D eigenvalue weighted by Crippen LogP contribution is -2.34. The van der Waals surface area contributed by atoms with Crippen molar-refractivity contribution in [1.82, 2.24) is 0 Å². The summed E-state index contributed by atoms with van der Waals surface area (Å²) >= 11 is 5.88. The van der Waals surface area contributed by atoms with Crippen LogP contribution in [0.1, 0.15) is 0 Å². The summed E-state index contributed by atoms with van der Waals surface area (Å²) in [5.74, 6) is -0.533. The van der Waals surface area contributed by atoms with Gasteiger partial charge in [0.25, 0.3) is 0 Å². The molecule has 0 amide bonds. The Kier molecular flexibility index (Phi) is 3.91. The van der Waals surface area contributed by atoms with Gasteiger partial charge in [-0.15, -0.1) is 0 Å². The first-order valence-corrected chi connectivity index (χ1v) is 7.43. The van der Waals surface area contributed by atoms with Gasteiger partial charge in [0.1, 0.15) is 10.1 Å². The maximum atomic E-state index is 12.5. The number of phenols is 1. The fourth-order valence-electron chi connectivity index (χ4n) is 2.01. The van der Waals surface area contributed by atoms with Crippen LogP contribution in [0.15, 0.2) is 17.0 Å². The van der Waals surface area contributed by atoms with Gasteiger partial charge in [0, 0.05) is 7.11 Å². The molecule has 1 saturated heterocycles. The van der Waals surface area contributed by atoms with Crippen molar-refractivity contribution in [3.63, 3.8) is 0 Å². The monoisotopic (exact) mass is 307 g/mol. The first-order chi connectivity index (χ1) is 8.89. The summed E-state index contributed by atoms with van der Waals surface area (Å²) in [7, 11) is -2.49. The van der Waals surface area contributed by atoms with Gasteiger partial charge in [0.15, 0.2) is 15.6 Å². The van der Waals surface area contributed by atoms with Crippen LogP contribution in [0.5, 0.6) is 5.75 Å². The van der Waals surface area contributed by atoms with Crippen molar-refractivity contribution in [2.24, 2.45) is 0 Å². The lowest BCUT2D eigenvalue weighted by atomic mass is 10.3. The van der Waals surface area contributed by atoms with Crippen molar-refractivity contribution in [1.29, 1.82) is 0 Å². The highest BCUT2D eigenvalue weighted by Crippen LogP contribution is 2.38. The van der Waals surface area contributed by atoms with Gasteiger partial charge in [0.2, 0.25) is 0 Å². The quantitative estimate of drug-likeness (QED) is 0.633. The molecule has 0 unspecified atom stereocenters. The van der Waals surface area contributed by atoms with Crippen LogP contribution < -0.4 is 5.73 Å². The van der Waals surface area contributed by atoms with Gasteiger partial charge in [-0.2, -0.15) is 0 Å². The number of sulfone groups is 1. The van der Waals surface area contributed by atoms with E-state index in [0.29, 0.717) is 0 Å². The Morgan fingerprint density at radius 3 is 2.79 bits per heavy atom. The summed E-state index contributed by atoms with van der Waals surface area (Å²) in [6.07, 6.45) is -0.595. The predicted octanol–water partition coefficient (Wildman–Crippen LogP) is 0.815. The topological polar surface area (TPSA) is 98.9 Å². The van der Waals surface area contributed by atoms with E-state index >= 15 is 0 Å². The van der Waals surface area contributed by atoms with E-state index in [2.05, 4.69) is 0 Å². The summed E-state index contributed by atoms with van der Waals surface area (Å²) in [4.78, 5) is -0.369. The molecule has 0 saturated carbocycles. The molecule has 0 aliphatic carbocycles. The average molecular weight is 308 g/mol. The molecule has 1 fully saturated rings. The Bertz CT molecular complexity index is 589. The van der Waals surface area contributed by atoms with Crippen molar-refractivity contribution in [2.75, 3.05) is 26.1 Å². The number of nitrogen functional groups attached to an aromatic ring is 1. The van der Waals surface area contributed by atoms with Crippen LogP contribution >= 0.6 is 11.6 Å². The molecule has 1 aromatic rings. The van der Waals surface area contributed by atoms with Gasteiger partial charge in [-0.05, 0) is 12.1 Å². The molecule has 6 nitrogen and oxygen atoms in total. The van der Waals surface area contributed by atoms with Crippen molar-refractivity contribution in [2.45, 2.75) is 16.2 Å². The molecule has 1 aromatic carbocycles. The van der Waals surface area contributed by atoms with Gasteiger partial charge < -0.3 is 20.3 Å². The lowest BCUT2D eigenvalue weighted by molar-refractivity contribution is 0.0829. The molecule has 0 radical (unpaired) electrons. The number of hydrogen-bond donors (Lipinski definition) is 2. The first kappa shape index (κ1) is 14.4. The Labute approximate surface area is 116 Å². The van der Waals surface area contributed by atoms with Gasteiger partial charge in [-0.1, -0.05) is 11.6 Å². The molecule has 0 bridgehead atoms. The maximum Gasteiger partial charge on any atom is 0.191 e.